The molecule has 5 nitrogen and oxygen atoms in total. The Morgan fingerprint density at radius 2 is 2.16 bits per heavy atom. The standard InChI is InChI=1S/C12H17BrN2O3S/c1-8(2-5-11(16)17)6-14-12(18)15-7-9-3-4-10(13)19-9/h3-4,8H,2,5-7H2,1H3,(H,16,17)(H2,14,15,18). The van der Waals surface area contributed by atoms with Crippen molar-refractivity contribution in [1.82, 2.24) is 10.6 Å². The van der Waals surface area contributed by atoms with E-state index in [0.717, 1.165) is 8.66 Å². The number of hydrogen-bond donors (Lipinski definition) is 3. The van der Waals surface area contributed by atoms with Gasteiger partial charge in [0.25, 0.3) is 0 Å². The molecule has 0 aliphatic rings. The molecule has 0 saturated heterocycles. The Labute approximate surface area is 124 Å². The Bertz CT molecular complexity index is 436. The van der Waals surface area contributed by atoms with Crippen molar-refractivity contribution in [3.8, 4) is 0 Å². The van der Waals surface area contributed by atoms with Crippen LogP contribution in [-0.2, 0) is 11.3 Å². The summed E-state index contributed by atoms with van der Waals surface area (Å²) < 4.78 is 1.03. The Balaban J connectivity index is 2.15. The Hall–Kier alpha value is -1.08. The Morgan fingerprint density at radius 3 is 2.74 bits per heavy atom. The van der Waals surface area contributed by atoms with Crippen LogP contribution < -0.4 is 10.6 Å². The lowest BCUT2D eigenvalue weighted by atomic mass is 10.1. The molecule has 0 aromatic carbocycles. The van der Waals surface area contributed by atoms with E-state index in [0.29, 0.717) is 19.5 Å². The quantitative estimate of drug-likeness (QED) is 0.708. The predicted octanol–water partition coefficient (Wildman–Crippen LogP) is 2.81. The number of halogens is 1. The van der Waals surface area contributed by atoms with Crippen molar-refractivity contribution in [2.24, 2.45) is 5.92 Å². The maximum absolute atomic E-state index is 11.5. The molecule has 1 unspecified atom stereocenters. The van der Waals surface area contributed by atoms with Crippen molar-refractivity contribution >= 4 is 39.3 Å². The van der Waals surface area contributed by atoms with Gasteiger partial charge in [-0.3, -0.25) is 4.79 Å². The zero-order chi connectivity index (χ0) is 14.3. The highest BCUT2D eigenvalue weighted by molar-refractivity contribution is 9.11. The number of amides is 2. The van der Waals surface area contributed by atoms with Gasteiger partial charge in [-0.15, -0.1) is 11.3 Å². The van der Waals surface area contributed by atoms with Gasteiger partial charge in [0.2, 0.25) is 0 Å². The summed E-state index contributed by atoms with van der Waals surface area (Å²) in [4.78, 5) is 23.0. The fourth-order valence-corrected chi connectivity index (χ4v) is 2.84. The van der Waals surface area contributed by atoms with Crippen molar-refractivity contribution in [3.63, 3.8) is 0 Å². The number of thiophene rings is 1. The normalized spacial score (nSPS) is 11.9. The molecule has 1 aromatic heterocycles. The summed E-state index contributed by atoms with van der Waals surface area (Å²) in [6.45, 7) is 2.89. The average molecular weight is 349 g/mol. The molecule has 0 bridgehead atoms. The fraction of sp³-hybridized carbons (Fsp3) is 0.500. The van der Waals surface area contributed by atoms with Crippen LogP contribution in [0.1, 0.15) is 24.6 Å². The lowest BCUT2D eigenvalue weighted by Gasteiger charge is -2.12. The number of carbonyl (C=O) groups excluding carboxylic acids is 1. The predicted molar refractivity (Wildman–Crippen MR) is 78.3 cm³/mol. The van der Waals surface area contributed by atoms with Gasteiger partial charge in [-0.05, 0) is 40.4 Å². The van der Waals surface area contributed by atoms with E-state index in [1.54, 1.807) is 11.3 Å². The first kappa shape index (κ1) is 16.0. The smallest absolute Gasteiger partial charge is 0.315 e. The molecule has 0 aliphatic carbocycles. The minimum atomic E-state index is -0.806. The maximum atomic E-state index is 11.5. The van der Waals surface area contributed by atoms with E-state index in [9.17, 15) is 9.59 Å². The number of hydrogen-bond acceptors (Lipinski definition) is 3. The second-order valence-corrected chi connectivity index (χ2v) is 6.85. The number of carbonyl (C=O) groups is 2. The van der Waals surface area contributed by atoms with Gasteiger partial charge in [-0.2, -0.15) is 0 Å². The number of urea groups is 1. The molecule has 19 heavy (non-hydrogen) atoms. The SMILES string of the molecule is CC(CCC(=O)O)CNC(=O)NCc1ccc(Br)s1. The van der Waals surface area contributed by atoms with E-state index in [4.69, 9.17) is 5.11 Å². The topological polar surface area (TPSA) is 78.4 Å². The van der Waals surface area contributed by atoms with Gasteiger partial charge >= 0.3 is 12.0 Å². The molecule has 0 aliphatic heterocycles. The van der Waals surface area contributed by atoms with Crippen LogP contribution in [0.2, 0.25) is 0 Å². The third-order valence-corrected chi connectivity index (χ3v) is 4.14. The van der Waals surface area contributed by atoms with E-state index in [1.807, 2.05) is 19.1 Å². The molecule has 7 heteroatoms. The van der Waals surface area contributed by atoms with Crippen LogP contribution in [0.3, 0.4) is 0 Å². The maximum Gasteiger partial charge on any atom is 0.315 e. The first-order valence-corrected chi connectivity index (χ1v) is 7.56. The Morgan fingerprint density at radius 1 is 1.42 bits per heavy atom. The van der Waals surface area contributed by atoms with Crippen LogP contribution in [0.4, 0.5) is 4.79 Å². The summed E-state index contributed by atoms with van der Waals surface area (Å²) in [5, 5.41) is 14.0. The molecule has 0 saturated carbocycles. The summed E-state index contributed by atoms with van der Waals surface area (Å²) in [7, 11) is 0. The van der Waals surface area contributed by atoms with Crippen molar-refractivity contribution in [2.45, 2.75) is 26.3 Å². The van der Waals surface area contributed by atoms with Crippen molar-refractivity contribution < 1.29 is 14.7 Å². The molecule has 3 N–H and O–H groups in total. The van der Waals surface area contributed by atoms with Gasteiger partial charge in [-0.1, -0.05) is 6.92 Å². The van der Waals surface area contributed by atoms with Gasteiger partial charge in [0.05, 0.1) is 10.3 Å². The first-order chi connectivity index (χ1) is 8.97. The van der Waals surface area contributed by atoms with Gasteiger partial charge in [0, 0.05) is 17.8 Å². The highest BCUT2D eigenvalue weighted by Crippen LogP contribution is 2.21. The second kappa shape index (κ2) is 8.16. The molecule has 1 aromatic rings. The molecule has 1 rings (SSSR count). The third kappa shape index (κ3) is 7.17. The highest BCUT2D eigenvalue weighted by Gasteiger charge is 2.07. The monoisotopic (exact) mass is 348 g/mol. The van der Waals surface area contributed by atoms with Crippen molar-refractivity contribution in [1.29, 1.82) is 0 Å². The number of carboxylic acid groups (broad SMARTS) is 1. The van der Waals surface area contributed by atoms with Crippen LogP contribution in [0.25, 0.3) is 0 Å². The third-order valence-electron chi connectivity index (χ3n) is 2.51. The van der Waals surface area contributed by atoms with Crippen LogP contribution in [-0.4, -0.2) is 23.7 Å². The lowest BCUT2D eigenvalue weighted by molar-refractivity contribution is -0.137. The lowest BCUT2D eigenvalue weighted by Crippen LogP contribution is -2.37. The van der Waals surface area contributed by atoms with Crippen molar-refractivity contribution in [2.75, 3.05) is 6.54 Å². The second-order valence-electron chi connectivity index (χ2n) is 4.31. The average Bonchev–Trinajstić information content (AvgIpc) is 2.77. The molecule has 1 atom stereocenters. The molecule has 0 fully saturated rings. The van der Waals surface area contributed by atoms with E-state index < -0.39 is 5.97 Å². The molecule has 0 spiro atoms. The molecule has 1 heterocycles. The van der Waals surface area contributed by atoms with Crippen molar-refractivity contribution in [3.05, 3.63) is 20.8 Å². The zero-order valence-electron chi connectivity index (χ0n) is 10.6. The number of nitrogens with one attached hydrogen (secondary N) is 2. The molecule has 2 amide bonds. The van der Waals surface area contributed by atoms with E-state index in [2.05, 4.69) is 26.6 Å². The molecular weight excluding hydrogens is 332 g/mol. The fourth-order valence-electron chi connectivity index (χ4n) is 1.42. The van der Waals surface area contributed by atoms with Gasteiger partial charge in [-0.25, -0.2) is 4.79 Å². The van der Waals surface area contributed by atoms with Crippen LogP contribution in [0.15, 0.2) is 15.9 Å². The van der Waals surface area contributed by atoms with Gasteiger partial charge in [0.15, 0.2) is 0 Å². The van der Waals surface area contributed by atoms with Crippen LogP contribution in [0.5, 0.6) is 0 Å². The summed E-state index contributed by atoms with van der Waals surface area (Å²) in [6.07, 6.45) is 0.696. The number of aliphatic carboxylic acids is 1. The van der Waals surface area contributed by atoms with Gasteiger partial charge in [0.1, 0.15) is 0 Å². The molecule has 0 radical (unpaired) electrons. The highest BCUT2D eigenvalue weighted by atomic mass is 79.9. The number of rotatable bonds is 7. The van der Waals surface area contributed by atoms with E-state index >= 15 is 0 Å². The number of carboxylic acids is 1. The van der Waals surface area contributed by atoms with Crippen LogP contribution in [0, 0.1) is 5.92 Å². The summed E-state index contributed by atoms with van der Waals surface area (Å²) in [6, 6.07) is 3.66. The largest absolute Gasteiger partial charge is 0.481 e. The summed E-state index contributed by atoms with van der Waals surface area (Å²) in [5.74, 6) is -0.655. The van der Waals surface area contributed by atoms with Gasteiger partial charge < -0.3 is 15.7 Å². The molecule has 106 valence electrons. The summed E-state index contributed by atoms with van der Waals surface area (Å²) >= 11 is 4.93. The van der Waals surface area contributed by atoms with Crippen LogP contribution >= 0.6 is 27.3 Å². The minimum Gasteiger partial charge on any atom is -0.481 e. The minimum absolute atomic E-state index is 0.133. The summed E-state index contributed by atoms with van der Waals surface area (Å²) in [5.41, 5.74) is 0. The Kier molecular flexibility index (Phi) is 6.86. The van der Waals surface area contributed by atoms with E-state index in [1.165, 1.54) is 0 Å². The van der Waals surface area contributed by atoms with E-state index in [-0.39, 0.29) is 18.4 Å². The molecular formula is C12H17BrN2O3S. The zero-order valence-corrected chi connectivity index (χ0v) is 13.0. The first-order valence-electron chi connectivity index (χ1n) is 5.95.